The van der Waals surface area contributed by atoms with Crippen molar-refractivity contribution in [1.29, 1.82) is 0 Å². The number of nitrogens with two attached hydrogens (primary N) is 2. The third-order valence-electron chi connectivity index (χ3n) is 10.3. The Balaban J connectivity index is 1.85. The number of carbonyl (C=O) groups is 5. The van der Waals surface area contributed by atoms with Gasteiger partial charge in [0.1, 0.15) is 37.0 Å². The Labute approximate surface area is 358 Å². The van der Waals surface area contributed by atoms with Crippen molar-refractivity contribution in [3.05, 3.63) is 18.2 Å². The largest absolute Gasteiger partial charge is 0.480 e. The smallest absolute Gasteiger partial charge is 0.472 e. The van der Waals surface area contributed by atoms with Gasteiger partial charge in [0.2, 0.25) is 23.6 Å². The molecule has 0 saturated carbocycles. The number of primary amides is 1. The lowest BCUT2D eigenvalue weighted by Gasteiger charge is -2.48. The van der Waals surface area contributed by atoms with Gasteiger partial charge in [-0.1, -0.05) is 90.4 Å². The van der Waals surface area contributed by atoms with E-state index in [-0.39, 0.29) is 39.0 Å². The molecule has 1 aliphatic rings. The Morgan fingerprint density at radius 1 is 0.984 bits per heavy atom. The van der Waals surface area contributed by atoms with Gasteiger partial charge in [-0.2, -0.15) is 0 Å². The highest BCUT2D eigenvalue weighted by molar-refractivity contribution is 7.47. The summed E-state index contributed by atoms with van der Waals surface area (Å²) >= 11 is 0. The summed E-state index contributed by atoms with van der Waals surface area (Å²) in [5.41, 5.74) is 12.3. The molecule has 2 heterocycles. The normalized spacial score (nSPS) is 20.9. The molecular formula is C39H70N7O14P. The van der Waals surface area contributed by atoms with E-state index in [1.54, 1.807) is 0 Å². The van der Waals surface area contributed by atoms with Crippen LogP contribution in [0.25, 0.3) is 0 Å². The van der Waals surface area contributed by atoms with Crippen molar-refractivity contribution in [1.82, 2.24) is 25.5 Å². The molecule has 0 aliphatic carbocycles. The number of hydrogen-bond acceptors (Lipinski definition) is 14. The van der Waals surface area contributed by atoms with E-state index >= 15 is 0 Å². The van der Waals surface area contributed by atoms with Crippen LogP contribution in [0.5, 0.6) is 0 Å². The fourth-order valence-corrected chi connectivity index (χ4v) is 7.77. The predicted octanol–water partition coefficient (Wildman–Crippen LogP) is 1.53. The number of carboxylic acid groups (broad SMARTS) is 1. The predicted molar refractivity (Wildman–Crippen MR) is 221 cm³/mol. The third-order valence-corrected chi connectivity index (χ3v) is 11.3. The maximum absolute atomic E-state index is 13.9. The average molecular weight is 892 g/mol. The number of aliphatic hydroxyl groups is 2. The standard InChI is InChI=1S/C39H70N7O14P/c1-3-4-5-6-7-8-9-10-11-12-13-14-15-16-20-58-61(55,56)59-21-19-43-32(49)18-17-29(37(41)53)45-38(54)30(22-28-23-42-26-44-28)46(27(2)48)39-34(40)36(57-25-33(50)51)35(52)31(24-47)60-39/h23,26,29-31,34-36,39,47,52H,3-22,24-25,40H2,1-2H3,(H2,41,53)(H,42,44)(H,43,49)(H,45,54)(H,50,51)(H,55,56)/t29-,30+,31-,34-,35-,36-,39?/m1/s1. The molecule has 21 nitrogen and oxygen atoms in total. The van der Waals surface area contributed by atoms with E-state index in [0.29, 0.717) is 12.1 Å². The highest BCUT2D eigenvalue weighted by atomic mass is 31.2. The van der Waals surface area contributed by atoms with Crippen molar-refractivity contribution in [3.63, 3.8) is 0 Å². The molecule has 2 unspecified atom stereocenters. The number of amides is 4. The molecule has 11 N–H and O–H groups in total. The number of hydrogen-bond donors (Lipinski definition) is 9. The van der Waals surface area contributed by atoms with Crippen LogP contribution in [0.4, 0.5) is 0 Å². The number of phosphoric ester groups is 1. The molecule has 1 fully saturated rings. The fraction of sp³-hybridized carbons (Fsp3) is 0.795. The monoisotopic (exact) mass is 891 g/mol. The third kappa shape index (κ3) is 20.9. The van der Waals surface area contributed by atoms with Crippen LogP contribution in [0.1, 0.15) is 122 Å². The highest BCUT2D eigenvalue weighted by Crippen LogP contribution is 2.43. The first-order valence-corrected chi connectivity index (χ1v) is 22.9. The molecule has 61 heavy (non-hydrogen) atoms. The van der Waals surface area contributed by atoms with Crippen LogP contribution in [0.3, 0.4) is 0 Å². The topological polar surface area (TPSA) is 328 Å². The van der Waals surface area contributed by atoms with Gasteiger partial charge in [-0.05, 0) is 12.8 Å². The molecule has 1 aromatic heterocycles. The van der Waals surface area contributed by atoms with E-state index in [9.17, 15) is 43.6 Å². The van der Waals surface area contributed by atoms with E-state index < -0.39 is 93.3 Å². The van der Waals surface area contributed by atoms with Crippen LogP contribution in [-0.4, -0.2) is 140 Å². The second kappa shape index (κ2) is 29.7. The summed E-state index contributed by atoms with van der Waals surface area (Å²) in [7, 11) is -4.35. The van der Waals surface area contributed by atoms with Gasteiger partial charge >= 0.3 is 13.8 Å². The van der Waals surface area contributed by atoms with Crippen molar-refractivity contribution in [2.24, 2.45) is 11.5 Å². The van der Waals surface area contributed by atoms with Crippen LogP contribution in [0.15, 0.2) is 12.5 Å². The first kappa shape index (κ1) is 53.6. The lowest BCUT2D eigenvalue weighted by Crippen LogP contribution is -2.70. The van der Waals surface area contributed by atoms with Crippen molar-refractivity contribution >= 4 is 37.4 Å². The van der Waals surface area contributed by atoms with E-state index in [0.717, 1.165) is 31.1 Å². The molecule has 22 heteroatoms. The number of carbonyl (C=O) groups excluding carboxylic acids is 4. The number of ether oxygens (including phenoxy) is 2. The molecule has 0 bridgehead atoms. The van der Waals surface area contributed by atoms with Crippen molar-refractivity contribution in [2.75, 3.05) is 33.0 Å². The lowest BCUT2D eigenvalue weighted by atomic mass is 9.94. The zero-order valence-corrected chi connectivity index (χ0v) is 36.5. The van der Waals surface area contributed by atoms with Crippen LogP contribution in [-0.2, 0) is 53.5 Å². The number of aliphatic carboxylic acids is 1. The van der Waals surface area contributed by atoms with Gasteiger partial charge in [0, 0.05) is 38.2 Å². The second-order valence-electron chi connectivity index (χ2n) is 15.3. The van der Waals surface area contributed by atoms with Crippen molar-refractivity contribution in [2.45, 2.75) is 166 Å². The van der Waals surface area contributed by atoms with Gasteiger partial charge < -0.3 is 61.7 Å². The number of aromatic amines is 1. The zero-order chi connectivity index (χ0) is 45.2. The lowest BCUT2D eigenvalue weighted by molar-refractivity contribution is -0.239. The van der Waals surface area contributed by atoms with Crippen molar-refractivity contribution < 1.29 is 67.3 Å². The molecular weight excluding hydrogens is 821 g/mol. The number of aliphatic hydroxyl groups excluding tert-OH is 2. The van der Waals surface area contributed by atoms with Crippen molar-refractivity contribution in [3.8, 4) is 0 Å². The number of aromatic nitrogens is 2. The zero-order valence-electron chi connectivity index (χ0n) is 35.6. The number of carboxylic acids is 1. The molecule has 0 aromatic carbocycles. The SMILES string of the molecule is CCCCCCCCCCCCCCCCOP(=O)(O)OCCNC(=O)CC[C@@H](NC(=O)[C@H](Cc1cnc[nH]1)N(C(C)=O)C1O[C@H](CO)[C@@H](O)[C@H](OCC(=O)O)[C@H]1N)C(N)=O. The minimum atomic E-state index is -4.35. The number of phosphoric acid groups is 1. The van der Waals surface area contributed by atoms with Crippen LogP contribution >= 0.6 is 7.82 Å². The van der Waals surface area contributed by atoms with Gasteiger partial charge in [0.25, 0.3) is 0 Å². The molecule has 0 spiro atoms. The number of unbranched alkanes of at least 4 members (excludes halogenated alkanes) is 13. The van der Waals surface area contributed by atoms with E-state index in [1.807, 2.05) is 0 Å². The maximum atomic E-state index is 13.9. The summed E-state index contributed by atoms with van der Waals surface area (Å²) in [6.45, 7) is 1.20. The van der Waals surface area contributed by atoms with Crippen LogP contribution in [0.2, 0.25) is 0 Å². The molecule has 1 aliphatic heterocycles. The van der Waals surface area contributed by atoms with Gasteiger partial charge in [0.15, 0.2) is 6.23 Å². The number of nitrogens with zero attached hydrogens (tertiary/aromatic N) is 2. The molecule has 8 atom stereocenters. The molecule has 2 rings (SSSR count). The average Bonchev–Trinajstić information content (AvgIpc) is 3.73. The number of rotatable bonds is 34. The summed E-state index contributed by atoms with van der Waals surface area (Å²) in [5, 5.41) is 34.7. The molecule has 1 saturated heterocycles. The van der Waals surface area contributed by atoms with Gasteiger partial charge in [-0.15, -0.1) is 0 Å². The van der Waals surface area contributed by atoms with E-state index in [1.165, 1.54) is 76.7 Å². The molecule has 350 valence electrons. The number of imidazole rings is 1. The first-order valence-electron chi connectivity index (χ1n) is 21.4. The summed E-state index contributed by atoms with van der Waals surface area (Å²) in [5.74, 6) is -4.68. The molecule has 4 amide bonds. The fourth-order valence-electron chi connectivity index (χ4n) is 7.01. The quantitative estimate of drug-likeness (QED) is 0.0350. The summed E-state index contributed by atoms with van der Waals surface area (Å²) < 4.78 is 33.4. The Morgan fingerprint density at radius 3 is 2.10 bits per heavy atom. The number of H-pyrrole nitrogens is 1. The van der Waals surface area contributed by atoms with E-state index in [4.69, 9.17) is 35.1 Å². The summed E-state index contributed by atoms with van der Waals surface area (Å²) in [6.07, 6.45) is 12.3. The Hall–Kier alpha value is -3.53. The minimum Gasteiger partial charge on any atom is -0.480 e. The summed E-state index contributed by atoms with van der Waals surface area (Å²) in [6, 6.07) is -4.35. The van der Waals surface area contributed by atoms with Gasteiger partial charge in [-0.25, -0.2) is 14.3 Å². The minimum absolute atomic E-state index is 0.0554. The maximum Gasteiger partial charge on any atom is 0.472 e. The Bertz CT molecular complexity index is 1490. The van der Waals surface area contributed by atoms with Gasteiger partial charge in [0.05, 0.1) is 32.2 Å². The first-order chi connectivity index (χ1) is 29.1. The Morgan fingerprint density at radius 2 is 1.57 bits per heavy atom. The highest BCUT2D eigenvalue weighted by Gasteiger charge is 2.49. The van der Waals surface area contributed by atoms with Crippen LogP contribution < -0.4 is 22.1 Å². The van der Waals surface area contributed by atoms with Crippen LogP contribution in [0, 0.1) is 0 Å². The second-order valence-corrected chi connectivity index (χ2v) is 16.7. The molecule has 1 aromatic rings. The Kier molecular flexibility index (Phi) is 26.1. The summed E-state index contributed by atoms with van der Waals surface area (Å²) in [4.78, 5) is 81.2. The van der Waals surface area contributed by atoms with E-state index in [2.05, 4.69) is 27.5 Å². The number of nitrogens with one attached hydrogen (secondary N) is 3. The molecule has 0 radical (unpaired) electrons. The van der Waals surface area contributed by atoms with Gasteiger partial charge in [-0.3, -0.25) is 28.2 Å².